The highest BCUT2D eigenvalue weighted by Crippen LogP contribution is 2.11. The smallest absolute Gasteiger partial charge is 0.306 e. The standard InChI is InChI=1S/C52H82O6/c1-4-7-10-13-16-19-22-24-25-26-27-29-30-33-36-39-42-45-51(54)57-48-49(47-56-50(53)44-41-38-35-32-21-18-15-12-9-6-3)58-52(55)46-43-40-37-34-31-28-23-20-17-14-11-8-5-2/h8,11,14-15,17-18,20,23-25,27-29,31,33-34,36-37,49H,4-7,9-10,12-13,16,19,21-22,26,30,32,35,38-48H2,1-3H3/b11-8-,17-14-,18-15-,23-20-,25-24-,29-27-,31-28-,36-33-,37-34-. The molecule has 0 aliphatic carbocycles. The van der Waals surface area contributed by atoms with Crippen molar-refractivity contribution in [3.8, 4) is 0 Å². The van der Waals surface area contributed by atoms with E-state index in [4.69, 9.17) is 14.2 Å². The van der Waals surface area contributed by atoms with E-state index in [-0.39, 0.29) is 38.0 Å². The zero-order chi connectivity index (χ0) is 42.3. The Hall–Kier alpha value is -3.93. The molecule has 0 saturated heterocycles. The van der Waals surface area contributed by atoms with Crippen LogP contribution in [0.25, 0.3) is 0 Å². The molecular formula is C52H82O6. The minimum absolute atomic E-state index is 0.131. The van der Waals surface area contributed by atoms with E-state index in [1.54, 1.807) is 0 Å². The fourth-order valence-electron chi connectivity index (χ4n) is 5.64. The molecule has 0 fully saturated rings. The summed E-state index contributed by atoms with van der Waals surface area (Å²) in [6, 6.07) is 0. The lowest BCUT2D eigenvalue weighted by Gasteiger charge is -2.18. The molecule has 0 amide bonds. The van der Waals surface area contributed by atoms with Crippen molar-refractivity contribution in [3.05, 3.63) is 109 Å². The average Bonchev–Trinajstić information content (AvgIpc) is 3.22. The molecule has 0 saturated carbocycles. The molecule has 0 aromatic heterocycles. The Kier molecular flexibility index (Phi) is 42.7. The maximum absolute atomic E-state index is 12.7. The summed E-state index contributed by atoms with van der Waals surface area (Å²) in [6.07, 6.45) is 60.9. The second-order valence-electron chi connectivity index (χ2n) is 14.7. The maximum atomic E-state index is 12.7. The molecule has 0 rings (SSSR count). The van der Waals surface area contributed by atoms with Gasteiger partial charge in [0.1, 0.15) is 13.2 Å². The molecule has 326 valence electrons. The SMILES string of the molecule is CC\C=C/C=C\C=C/C=C\C=C/CCCC(=O)OC(COC(=O)CCC/C=C\C/C=C\C/C=C\CCCCCCCC)COC(=O)CCCCCC/C=C\CCCC. The Labute approximate surface area is 355 Å². The van der Waals surface area contributed by atoms with Crippen molar-refractivity contribution in [1.82, 2.24) is 0 Å². The third-order valence-electron chi connectivity index (χ3n) is 9.11. The quantitative estimate of drug-likeness (QED) is 0.0202. The van der Waals surface area contributed by atoms with Gasteiger partial charge < -0.3 is 14.2 Å². The van der Waals surface area contributed by atoms with E-state index in [0.29, 0.717) is 19.3 Å². The van der Waals surface area contributed by atoms with Gasteiger partial charge in [-0.05, 0) is 83.5 Å². The summed E-state index contributed by atoms with van der Waals surface area (Å²) in [4.78, 5) is 37.7. The van der Waals surface area contributed by atoms with Crippen molar-refractivity contribution in [2.75, 3.05) is 13.2 Å². The molecule has 0 aliphatic heterocycles. The fourth-order valence-corrected chi connectivity index (χ4v) is 5.64. The zero-order valence-corrected chi connectivity index (χ0v) is 37.0. The predicted molar refractivity (Wildman–Crippen MR) is 247 cm³/mol. The van der Waals surface area contributed by atoms with Crippen molar-refractivity contribution in [2.45, 2.75) is 187 Å². The summed E-state index contributed by atoms with van der Waals surface area (Å²) in [7, 11) is 0. The number of hydrogen-bond donors (Lipinski definition) is 0. The molecule has 6 heteroatoms. The van der Waals surface area contributed by atoms with E-state index >= 15 is 0 Å². The molecule has 0 aliphatic rings. The molecular weight excluding hydrogens is 721 g/mol. The van der Waals surface area contributed by atoms with Crippen LogP contribution < -0.4 is 0 Å². The van der Waals surface area contributed by atoms with Crippen LogP contribution in [0.1, 0.15) is 181 Å². The Morgan fingerprint density at radius 1 is 0.379 bits per heavy atom. The van der Waals surface area contributed by atoms with Crippen LogP contribution in [-0.4, -0.2) is 37.2 Å². The van der Waals surface area contributed by atoms with Gasteiger partial charge >= 0.3 is 17.9 Å². The highest BCUT2D eigenvalue weighted by atomic mass is 16.6. The van der Waals surface area contributed by atoms with Crippen LogP contribution in [0.4, 0.5) is 0 Å². The molecule has 0 radical (unpaired) electrons. The third kappa shape index (κ3) is 43.2. The lowest BCUT2D eigenvalue weighted by molar-refractivity contribution is -0.167. The van der Waals surface area contributed by atoms with E-state index in [9.17, 15) is 14.4 Å². The van der Waals surface area contributed by atoms with Crippen LogP contribution in [0.3, 0.4) is 0 Å². The normalized spacial score (nSPS) is 13.1. The van der Waals surface area contributed by atoms with Crippen LogP contribution in [0.2, 0.25) is 0 Å². The first kappa shape index (κ1) is 54.1. The van der Waals surface area contributed by atoms with Gasteiger partial charge in [0.2, 0.25) is 0 Å². The highest BCUT2D eigenvalue weighted by Gasteiger charge is 2.19. The molecule has 1 unspecified atom stereocenters. The topological polar surface area (TPSA) is 78.9 Å². The molecule has 0 aromatic rings. The average molecular weight is 803 g/mol. The summed E-state index contributed by atoms with van der Waals surface area (Å²) >= 11 is 0. The van der Waals surface area contributed by atoms with Crippen LogP contribution in [0.5, 0.6) is 0 Å². The number of carbonyl (C=O) groups is 3. The first-order valence-corrected chi connectivity index (χ1v) is 23.0. The van der Waals surface area contributed by atoms with Crippen LogP contribution in [0, 0.1) is 0 Å². The van der Waals surface area contributed by atoms with Crippen molar-refractivity contribution in [3.63, 3.8) is 0 Å². The number of allylic oxidation sites excluding steroid dienone is 18. The Bertz CT molecular complexity index is 1240. The van der Waals surface area contributed by atoms with E-state index in [0.717, 1.165) is 70.6 Å². The largest absolute Gasteiger partial charge is 0.462 e. The lowest BCUT2D eigenvalue weighted by Crippen LogP contribution is -2.30. The van der Waals surface area contributed by atoms with Crippen LogP contribution in [0.15, 0.2) is 109 Å². The van der Waals surface area contributed by atoms with Crippen molar-refractivity contribution >= 4 is 17.9 Å². The first-order chi connectivity index (χ1) is 28.5. The van der Waals surface area contributed by atoms with Gasteiger partial charge in [-0.2, -0.15) is 0 Å². The maximum Gasteiger partial charge on any atom is 0.306 e. The Morgan fingerprint density at radius 3 is 1.34 bits per heavy atom. The molecule has 0 spiro atoms. The molecule has 6 nitrogen and oxygen atoms in total. The number of ether oxygens (including phenoxy) is 3. The molecule has 0 bridgehead atoms. The number of rotatable bonds is 39. The van der Waals surface area contributed by atoms with E-state index in [1.807, 2.05) is 54.7 Å². The lowest BCUT2D eigenvalue weighted by atomic mass is 10.1. The number of hydrogen-bond acceptors (Lipinski definition) is 6. The summed E-state index contributed by atoms with van der Waals surface area (Å²) in [5, 5.41) is 0. The van der Waals surface area contributed by atoms with E-state index in [2.05, 4.69) is 75.5 Å². The van der Waals surface area contributed by atoms with Gasteiger partial charge in [0.05, 0.1) is 0 Å². The summed E-state index contributed by atoms with van der Waals surface area (Å²) in [5.41, 5.74) is 0. The second kappa shape index (κ2) is 45.8. The van der Waals surface area contributed by atoms with Gasteiger partial charge in [-0.15, -0.1) is 0 Å². The fraction of sp³-hybridized carbons (Fsp3) is 0.596. The van der Waals surface area contributed by atoms with Gasteiger partial charge in [-0.1, -0.05) is 188 Å². The summed E-state index contributed by atoms with van der Waals surface area (Å²) in [5.74, 6) is -1.09. The number of esters is 3. The minimum Gasteiger partial charge on any atom is -0.462 e. The molecule has 0 N–H and O–H groups in total. The van der Waals surface area contributed by atoms with Gasteiger partial charge in [-0.25, -0.2) is 0 Å². The highest BCUT2D eigenvalue weighted by molar-refractivity contribution is 5.71. The Morgan fingerprint density at radius 2 is 0.776 bits per heavy atom. The van der Waals surface area contributed by atoms with Crippen LogP contribution in [-0.2, 0) is 28.6 Å². The van der Waals surface area contributed by atoms with E-state index < -0.39 is 12.1 Å². The number of carbonyl (C=O) groups excluding carboxylic acids is 3. The first-order valence-electron chi connectivity index (χ1n) is 23.0. The summed E-state index contributed by atoms with van der Waals surface area (Å²) < 4.78 is 16.6. The van der Waals surface area contributed by atoms with Crippen molar-refractivity contribution < 1.29 is 28.6 Å². The number of unbranched alkanes of at least 4 members (excludes halogenated alkanes) is 14. The third-order valence-corrected chi connectivity index (χ3v) is 9.11. The van der Waals surface area contributed by atoms with Gasteiger partial charge in [0, 0.05) is 19.3 Å². The molecule has 1 atom stereocenters. The van der Waals surface area contributed by atoms with Gasteiger partial charge in [-0.3, -0.25) is 14.4 Å². The molecule has 0 heterocycles. The van der Waals surface area contributed by atoms with E-state index in [1.165, 1.54) is 57.8 Å². The van der Waals surface area contributed by atoms with Crippen LogP contribution >= 0.6 is 0 Å². The van der Waals surface area contributed by atoms with Crippen molar-refractivity contribution in [1.29, 1.82) is 0 Å². The summed E-state index contributed by atoms with van der Waals surface area (Å²) in [6.45, 7) is 6.29. The Balaban J connectivity index is 4.58. The molecule has 58 heavy (non-hydrogen) atoms. The monoisotopic (exact) mass is 803 g/mol. The van der Waals surface area contributed by atoms with Crippen molar-refractivity contribution in [2.24, 2.45) is 0 Å². The second-order valence-corrected chi connectivity index (χ2v) is 14.7. The zero-order valence-electron chi connectivity index (χ0n) is 37.0. The minimum atomic E-state index is -0.839. The predicted octanol–water partition coefficient (Wildman–Crippen LogP) is 14.8. The van der Waals surface area contributed by atoms with Gasteiger partial charge in [0.25, 0.3) is 0 Å². The molecule has 0 aromatic carbocycles. The van der Waals surface area contributed by atoms with Gasteiger partial charge in [0.15, 0.2) is 6.10 Å².